The molecule has 1 rings (SSSR count). The van der Waals surface area contributed by atoms with Crippen molar-refractivity contribution in [2.75, 3.05) is 12.3 Å². The molecule has 1 aromatic carbocycles. The van der Waals surface area contributed by atoms with Gasteiger partial charge in [0.2, 0.25) is 0 Å². The summed E-state index contributed by atoms with van der Waals surface area (Å²) < 4.78 is 5.51. The second kappa shape index (κ2) is 8.14. The maximum atomic E-state index is 11.9. The molecule has 2 amide bonds. The molecule has 0 saturated heterocycles. The Balaban J connectivity index is 2.63. The molecule has 1 unspecified atom stereocenters. The molecular weight excluding hydrogens is 270 g/mol. The number of nitrogens with two attached hydrogens (primary N) is 2. The Labute approximate surface area is 124 Å². The van der Waals surface area contributed by atoms with E-state index in [-0.39, 0.29) is 17.2 Å². The predicted octanol–water partition coefficient (Wildman–Crippen LogP) is 1.44. The molecule has 0 spiro atoms. The number of primary amides is 1. The van der Waals surface area contributed by atoms with Crippen molar-refractivity contribution in [2.45, 2.75) is 39.2 Å². The molecule has 0 fully saturated rings. The van der Waals surface area contributed by atoms with E-state index in [1.807, 2.05) is 0 Å². The molecule has 21 heavy (non-hydrogen) atoms. The van der Waals surface area contributed by atoms with Crippen molar-refractivity contribution in [1.29, 1.82) is 0 Å². The lowest BCUT2D eigenvalue weighted by atomic mass is 10.1. The molecule has 5 N–H and O–H groups in total. The van der Waals surface area contributed by atoms with E-state index in [1.54, 1.807) is 13.0 Å². The highest BCUT2D eigenvalue weighted by molar-refractivity contribution is 5.96. The fourth-order valence-corrected chi connectivity index (χ4v) is 1.82. The van der Waals surface area contributed by atoms with Gasteiger partial charge in [-0.1, -0.05) is 19.8 Å². The summed E-state index contributed by atoms with van der Waals surface area (Å²) >= 11 is 0. The van der Waals surface area contributed by atoms with Gasteiger partial charge in [-0.25, -0.2) is 0 Å². The Bertz CT molecular complexity index is 503. The zero-order valence-electron chi connectivity index (χ0n) is 12.5. The Hall–Kier alpha value is -2.24. The van der Waals surface area contributed by atoms with Crippen LogP contribution in [0, 0.1) is 0 Å². The number of amides is 2. The molecule has 0 aromatic heterocycles. The standard InChI is InChI=1S/C15H23N3O3/c1-3-4-5-8-18-15(20)10(2)21-13-7-6-11(16)9-12(13)14(17)19/h6-7,9-10H,3-5,8,16H2,1-2H3,(H2,17,19)(H,18,20). The topological polar surface area (TPSA) is 107 Å². The van der Waals surface area contributed by atoms with Gasteiger partial charge in [0.15, 0.2) is 6.10 Å². The first-order valence-electron chi connectivity index (χ1n) is 7.09. The fourth-order valence-electron chi connectivity index (χ4n) is 1.82. The molecule has 1 aromatic rings. The number of unbranched alkanes of at least 4 members (excludes halogenated alkanes) is 2. The summed E-state index contributed by atoms with van der Waals surface area (Å²) in [5.41, 5.74) is 11.5. The van der Waals surface area contributed by atoms with Gasteiger partial charge in [-0.15, -0.1) is 0 Å². The fraction of sp³-hybridized carbons (Fsp3) is 0.467. The average molecular weight is 293 g/mol. The van der Waals surface area contributed by atoms with Crippen molar-refractivity contribution in [3.8, 4) is 5.75 Å². The van der Waals surface area contributed by atoms with E-state index in [4.69, 9.17) is 16.2 Å². The normalized spacial score (nSPS) is 11.7. The molecule has 1 atom stereocenters. The van der Waals surface area contributed by atoms with Gasteiger partial charge in [-0.3, -0.25) is 9.59 Å². The van der Waals surface area contributed by atoms with Crippen LogP contribution in [0.15, 0.2) is 18.2 Å². The van der Waals surface area contributed by atoms with Gasteiger partial charge in [0.05, 0.1) is 5.56 Å². The van der Waals surface area contributed by atoms with Crippen LogP contribution in [0.25, 0.3) is 0 Å². The SMILES string of the molecule is CCCCCNC(=O)C(C)Oc1ccc(N)cc1C(N)=O. The number of rotatable bonds is 8. The van der Waals surface area contributed by atoms with Gasteiger partial charge in [0.1, 0.15) is 5.75 Å². The highest BCUT2D eigenvalue weighted by Crippen LogP contribution is 2.22. The van der Waals surface area contributed by atoms with Crippen LogP contribution in [0.1, 0.15) is 43.5 Å². The minimum atomic E-state index is -0.714. The Kier molecular flexibility index (Phi) is 6.52. The monoisotopic (exact) mass is 293 g/mol. The first-order valence-corrected chi connectivity index (χ1v) is 7.09. The molecular formula is C15H23N3O3. The van der Waals surface area contributed by atoms with Crippen LogP contribution >= 0.6 is 0 Å². The number of hydrogen-bond donors (Lipinski definition) is 3. The van der Waals surface area contributed by atoms with Crippen LogP contribution in [0.3, 0.4) is 0 Å². The lowest BCUT2D eigenvalue weighted by Gasteiger charge is -2.16. The summed E-state index contributed by atoms with van der Waals surface area (Å²) in [5, 5.41) is 2.79. The van der Waals surface area contributed by atoms with Gasteiger partial charge in [0.25, 0.3) is 11.8 Å². The van der Waals surface area contributed by atoms with Crippen molar-refractivity contribution < 1.29 is 14.3 Å². The Morgan fingerprint density at radius 2 is 2.05 bits per heavy atom. The van der Waals surface area contributed by atoms with Crippen molar-refractivity contribution in [2.24, 2.45) is 5.73 Å². The zero-order chi connectivity index (χ0) is 15.8. The van der Waals surface area contributed by atoms with E-state index in [1.165, 1.54) is 12.1 Å². The number of carbonyl (C=O) groups excluding carboxylic acids is 2. The number of hydrogen-bond acceptors (Lipinski definition) is 4. The van der Waals surface area contributed by atoms with Crippen molar-refractivity contribution >= 4 is 17.5 Å². The number of nitrogens with one attached hydrogen (secondary N) is 1. The number of nitrogen functional groups attached to an aromatic ring is 1. The number of ether oxygens (including phenoxy) is 1. The highest BCUT2D eigenvalue weighted by atomic mass is 16.5. The van der Waals surface area contributed by atoms with Crippen molar-refractivity contribution in [1.82, 2.24) is 5.32 Å². The third-order valence-electron chi connectivity index (χ3n) is 3.02. The minimum Gasteiger partial charge on any atom is -0.480 e. The minimum absolute atomic E-state index is 0.167. The van der Waals surface area contributed by atoms with Crippen LogP contribution in [-0.4, -0.2) is 24.5 Å². The summed E-state index contributed by atoms with van der Waals surface area (Å²) in [6.07, 6.45) is 2.38. The molecule has 116 valence electrons. The maximum absolute atomic E-state index is 11.9. The zero-order valence-corrected chi connectivity index (χ0v) is 12.5. The molecule has 0 heterocycles. The quantitative estimate of drug-likeness (QED) is 0.498. The summed E-state index contributed by atoms with van der Waals surface area (Å²) in [6, 6.07) is 4.56. The van der Waals surface area contributed by atoms with E-state index < -0.39 is 12.0 Å². The van der Waals surface area contributed by atoms with E-state index in [9.17, 15) is 9.59 Å². The van der Waals surface area contributed by atoms with Crippen molar-refractivity contribution in [3.63, 3.8) is 0 Å². The number of benzene rings is 1. The smallest absolute Gasteiger partial charge is 0.260 e. The van der Waals surface area contributed by atoms with E-state index >= 15 is 0 Å². The number of carbonyl (C=O) groups is 2. The summed E-state index contributed by atoms with van der Waals surface area (Å²) in [5.74, 6) is -0.612. The van der Waals surface area contributed by atoms with Gasteiger partial charge >= 0.3 is 0 Å². The Morgan fingerprint density at radius 1 is 1.33 bits per heavy atom. The van der Waals surface area contributed by atoms with Crippen LogP contribution in [0.4, 0.5) is 5.69 Å². The van der Waals surface area contributed by atoms with E-state index in [2.05, 4.69) is 12.2 Å². The van der Waals surface area contributed by atoms with E-state index in [0.29, 0.717) is 12.2 Å². The van der Waals surface area contributed by atoms with Gasteiger partial charge in [-0.05, 0) is 31.5 Å². The average Bonchev–Trinajstić information content (AvgIpc) is 2.44. The van der Waals surface area contributed by atoms with Crippen molar-refractivity contribution in [3.05, 3.63) is 23.8 Å². The van der Waals surface area contributed by atoms with E-state index in [0.717, 1.165) is 19.3 Å². The van der Waals surface area contributed by atoms with Crippen LogP contribution < -0.4 is 21.5 Å². The summed E-state index contributed by atoms with van der Waals surface area (Å²) in [6.45, 7) is 4.33. The molecule has 0 aliphatic heterocycles. The second-order valence-corrected chi connectivity index (χ2v) is 4.88. The molecule has 6 heteroatoms. The second-order valence-electron chi connectivity index (χ2n) is 4.88. The van der Waals surface area contributed by atoms with Crippen LogP contribution in [0.5, 0.6) is 5.75 Å². The molecule has 0 aliphatic rings. The first kappa shape index (κ1) is 16.8. The predicted molar refractivity (Wildman–Crippen MR) is 82.0 cm³/mol. The van der Waals surface area contributed by atoms with Crippen LogP contribution in [-0.2, 0) is 4.79 Å². The third-order valence-corrected chi connectivity index (χ3v) is 3.02. The lowest BCUT2D eigenvalue weighted by molar-refractivity contribution is -0.127. The third kappa shape index (κ3) is 5.33. The van der Waals surface area contributed by atoms with Crippen LogP contribution in [0.2, 0.25) is 0 Å². The largest absolute Gasteiger partial charge is 0.480 e. The Morgan fingerprint density at radius 3 is 2.67 bits per heavy atom. The molecule has 0 saturated carbocycles. The molecule has 0 radical (unpaired) electrons. The summed E-state index contributed by atoms with van der Waals surface area (Å²) in [4.78, 5) is 23.2. The maximum Gasteiger partial charge on any atom is 0.260 e. The summed E-state index contributed by atoms with van der Waals surface area (Å²) in [7, 11) is 0. The first-order chi connectivity index (χ1) is 9.95. The molecule has 6 nitrogen and oxygen atoms in total. The number of anilines is 1. The van der Waals surface area contributed by atoms with Gasteiger partial charge in [0, 0.05) is 12.2 Å². The van der Waals surface area contributed by atoms with Gasteiger partial charge in [-0.2, -0.15) is 0 Å². The van der Waals surface area contributed by atoms with Gasteiger partial charge < -0.3 is 21.5 Å². The molecule has 0 aliphatic carbocycles. The lowest BCUT2D eigenvalue weighted by Crippen LogP contribution is -2.37. The highest BCUT2D eigenvalue weighted by Gasteiger charge is 2.17. The molecule has 0 bridgehead atoms.